The van der Waals surface area contributed by atoms with E-state index in [1.165, 1.54) is 6.07 Å². The first-order chi connectivity index (χ1) is 8.59. The van der Waals surface area contributed by atoms with E-state index in [9.17, 15) is 9.50 Å². The Morgan fingerprint density at radius 3 is 2.67 bits per heavy atom. The van der Waals surface area contributed by atoms with Gasteiger partial charge in [-0.1, -0.05) is 25.1 Å². The molecule has 0 atom stereocenters. The standard InChI is InChI=1S/C15H22FNO/c1-12-6-8-15(18,9-7-12)11-17-10-13-4-2-3-5-14(13)16/h2-5,12,17-18H,6-11H2,1H3. The van der Waals surface area contributed by atoms with Crippen LogP contribution in [0.1, 0.15) is 38.2 Å². The van der Waals surface area contributed by atoms with Crippen molar-refractivity contribution in [3.63, 3.8) is 0 Å². The molecule has 0 amide bonds. The molecule has 0 bridgehead atoms. The molecule has 1 aliphatic rings. The Kier molecular flexibility index (Phi) is 4.36. The van der Waals surface area contributed by atoms with Gasteiger partial charge in [-0.3, -0.25) is 0 Å². The molecule has 100 valence electrons. The number of halogens is 1. The number of hydrogen-bond donors (Lipinski definition) is 2. The van der Waals surface area contributed by atoms with Gasteiger partial charge >= 0.3 is 0 Å². The summed E-state index contributed by atoms with van der Waals surface area (Å²) in [7, 11) is 0. The van der Waals surface area contributed by atoms with Gasteiger partial charge < -0.3 is 10.4 Å². The molecule has 2 nitrogen and oxygen atoms in total. The molecule has 1 aromatic rings. The van der Waals surface area contributed by atoms with E-state index in [4.69, 9.17) is 0 Å². The molecule has 18 heavy (non-hydrogen) atoms. The number of hydrogen-bond acceptors (Lipinski definition) is 2. The van der Waals surface area contributed by atoms with Crippen LogP contribution in [0.3, 0.4) is 0 Å². The Balaban J connectivity index is 1.80. The number of benzene rings is 1. The van der Waals surface area contributed by atoms with E-state index in [2.05, 4.69) is 12.2 Å². The molecule has 0 radical (unpaired) electrons. The third-order valence-electron chi connectivity index (χ3n) is 3.93. The SMILES string of the molecule is CC1CCC(O)(CNCc2ccccc2F)CC1. The molecule has 0 aromatic heterocycles. The zero-order valence-corrected chi connectivity index (χ0v) is 11.0. The minimum Gasteiger partial charge on any atom is -0.389 e. The van der Waals surface area contributed by atoms with Crippen LogP contribution >= 0.6 is 0 Å². The molecule has 2 rings (SSSR count). The molecule has 1 saturated carbocycles. The highest BCUT2D eigenvalue weighted by Crippen LogP contribution is 2.31. The van der Waals surface area contributed by atoms with Crippen LogP contribution in [-0.2, 0) is 6.54 Å². The summed E-state index contributed by atoms with van der Waals surface area (Å²) >= 11 is 0. The fraction of sp³-hybridized carbons (Fsp3) is 0.600. The lowest BCUT2D eigenvalue weighted by Gasteiger charge is -2.35. The van der Waals surface area contributed by atoms with Gasteiger partial charge in [0.05, 0.1) is 5.60 Å². The summed E-state index contributed by atoms with van der Waals surface area (Å²) in [5, 5.41) is 13.6. The van der Waals surface area contributed by atoms with Gasteiger partial charge in [0.1, 0.15) is 5.82 Å². The maximum absolute atomic E-state index is 13.4. The first kappa shape index (κ1) is 13.5. The van der Waals surface area contributed by atoms with Crippen LogP contribution in [0.25, 0.3) is 0 Å². The summed E-state index contributed by atoms with van der Waals surface area (Å²) in [5.41, 5.74) is 0.0582. The molecule has 3 heteroatoms. The smallest absolute Gasteiger partial charge is 0.127 e. The monoisotopic (exact) mass is 251 g/mol. The summed E-state index contributed by atoms with van der Waals surface area (Å²) in [4.78, 5) is 0. The Hall–Kier alpha value is -0.930. The molecule has 0 unspecified atom stereocenters. The van der Waals surface area contributed by atoms with Gasteiger partial charge in [0.25, 0.3) is 0 Å². The van der Waals surface area contributed by atoms with Crippen LogP contribution in [-0.4, -0.2) is 17.3 Å². The second kappa shape index (κ2) is 5.81. The molecule has 1 aromatic carbocycles. The Labute approximate surface area is 108 Å². The quantitative estimate of drug-likeness (QED) is 0.862. The maximum Gasteiger partial charge on any atom is 0.127 e. The van der Waals surface area contributed by atoms with Crippen molar-refractivity contribution in [3.8, 4) is 0 Å². The predicted molar refractivity (Wildman–Crippen MR) is 70.7 cm³/mol. The highest BCUT2D eigenvalue weighted by atomic mass is 19.1. The number of aliphatic hydroxyl groups is 1. The molecule has 0 spiro atoms. The van der Waals surface area contributed by atoms with Crippen molar-refractivity contribution < 1.29 is 9.50 Å². The van der Waals surface area contributed by atoms with Gasteiger partial charge in [0.2, 0.25) is 0 Å². The minimum absolute atomic E-state index is 0.186. The first-order valence-electron chi connectivity index (χ1n) is 6.76. The molecule has 1 aliphatic carbocycles. The van der Waals surface area contributed by atoms with Crippen LogP contribution in [0.4, 0.5) is 4.39 Å². The molecular formula is C15H22FNO. The van der Waals surface area contributed by atoms with Crippen LogP contribution in [0, 0.1) is 11.7 Å². The van der Waals surface area contributed by atoms with Crippen molar-refractivity contribution in [2.45, 2.75) is 44.8 Å². The number of nitrogens with one attached hydrogen (secondary N) is 1. The summed E-state index contributed by atoms with van der Waals surface area (Å²) in [6, 6.07) is 6.76. The van der Waals surface area contributed by atoms with E-state index in [0.29, 0.717) is 18.7 Å². The summed E-state index contributed by atoms with van der Waals surface area (Å²) in [5.74, 6) is 0.533. The lowest BCUT2D eigenvalue weighted by atomic mass is 9.79. The lowest BCUT2D eigenvalue weighted by Crippen LogP contribution is -2.43. The molecule has 0 heterocycles. The third-order valence-corrected chi connectivity index (χ3v) is 3.93. The molecule has 2 N–H and O–H groups in total. The summed E-state index contributed by atoms with van der Waals surface area (Å²) in [6.07, 6.45) is 3.85. The van der Waals surface area contributed by atoms with Crippen molar-refractivity contribution >= 4 is 0 Å². The maximum atomic E-state index is 13.4. The second-order valence-electron chi connectivity index (χ2n) is 5.60. The second-order valence-corrected chi connectivity index (χ2v) is 5.60. The average Bonchev–Trinajstić information content (AvgIpc) is 2.36. The van der Waals surface area contributed by atoms with Crippen LogP contribution in [0.2, 0.25) is 0 Å². The topological polar surface area (TPSA) is 32.3 Å². The Morgan fingerprint density at radius 2 is 2.00 bits per heavy atom. The Bertz CT molecular complexity index is 386. The highest BCUT2D eigenvalue weighted by molar-refractivity contribution is 5.16. The van der Waals surface area contributed by atoms with Crippen molar-refractivity contribution in [2.75, 3.05) is 6.54 Å². The molecular weight excluding hydrogens is 229 g/mol. The van der Waals surface area contributed by atoms with Gasteiger partial charge in [-0.2, -0.15) is 0 Å². The molecule has 0 saturated heterocycles. The largest absolute Gasteiger partial charge is 0.389 e. The van der Waals surface area contributed by atoms with Crippen molar-refractivity contribution in [1.82, 2.24) is 5.32 Å². The predicted octanol–water partition coefficient (Wildman–Crippen LogP) is 2.86. The third kappa shape index (κ3) is 3.53. The van der Waals surface area contributed by atoms with E-state index in [0.717, 1.165) is 31.6 Å². The van der Waals surface area contributed by atoms with Crippen molar-refractivity contribution in [2.24, 2.45) is 5.92 Å². The van der Waals surface area contributed by atoms with E-state index in [-0.39, 0.29) is 5.82 Å². The lowest BCUT2D eigenvalue weighted by molar-refractivity contribution is -0.00635. The summed E-state index contributed by atoms with van der Waals surface area (Å²) < 4.78 is 13.4. The van der Waals surface area contributed by atoms with Crippen molar-refractivity contribution in [3.05, 3.63) is 35.6 Å². The van der Waals surface area contributed by atoms with E-state index in [1.807, 2.05) is 6.07 Å². The van der Waals surface area contributed by atoms with Crippen LogP contribution in [0.5, 0.6) is 0 Å². The molecule has 0 aliphatic heterocycles. The zero-order chi connectivity index (χ0) is 13.0. The highest BCUT2D eigenvalue weighted by Gasteiger charge is 2.31. The number of rotatable bonds is 4. The minimum atomic E-state index is -0.599. The van der Waals surface area contributed by atoms with E-state index < -0.39 is 5.60 Å². The van der Waals surface area contributed by atoms with Gasteiger partial charge in [0, 0.05) is 18.7 Å². The zero-order valence-electron chi connectivity index (χ0n) is 11.0. The van der Waals surface area contributed by atoms with Gasteiger partial charge in [-0.05, 0) is 37.7 Å². The van der Waals surface area contributed by atoms with E-state index in [1.54, 1.807) is 12.1 Å². The van der Waals surface area contributed by atoms with Gasteiger partial charge in [-0.25, -0.2) is 4.39 Å². The van der Waals surface area contributed by atoms with Crippen LogP contribution < -0.4 is 5.32 Å². The summed E-state index contributed by atoms with van der Waals surface area (Å²) in [6.45, 7) is 3.25. The van der Waals surface area contributed by atoms with Crippen molar-refractivity contribution in [1.29, 1.82) is 0 Å². The van der Waals surface area contributed by atoms with E-state index >= 15 is 0 Å². The normalized spacial score (nSPS) is 28.3. The van der Waals surface area contributed by atoms with Crippen LogP contribution in [0.15, 0.2) is 24.3 Å². The Morgan fingerprint density at radius 1 is 1.33 bits per heavy atom. The fourth-order valence-electron chi connectivity index (χ4n) is 2.55. The fourth-order valence-corrected chi connectivity index (χ4v) is 2.55. The first-order valence-corrected chi connectivity index (χ1v) is 6.76. The van der Waals surface area contributed by atoms with Gasteiger partial charge in [-0.15, -0.1) is 0 Å². The average molecular weight is 251 g/mol. The van der Waals surface area contributed by atoms with Gasteiger partial charge in [0.15, 0.2) is 0 Å². The molecule has 1 fully saturated rings.